The van der Waals surface area contributed by atoms with Crippen LogP contribution in [0.4, 0.5) is 22.7 Å². The lowest BCUT2D eigenvalue weighted by Gasteiger charge is -2.28. The first-order chi connectivity index (χ1) is 30.7. The van der Waals surface area contributed by atoms with Gasteiger partial charge in [-0.1, -0.05) is 152 Å². The number of aromatic nitrogens is 2. The minimum absolute atomic E-state index is 0.0101. The molecule has 5 heteroatoms. The number of hydrogen-bond donors (Lipinski definition) is 0. The third-order valence-corrected chi connectivity index (χ3v) is 13.1. The summed E-state index contributed by atoms with van der Waals surface area (Å²) in [5.41, 5.74) is 14.0. The van der Waals surface area contributed by atoms with Crippen molar-refractivity contribution in [2.24, 2.45) is 0 Å². The van der Waals surface area contributed by atoms with Crippen LogP contribution in [0.1, 0.15) is 77.6 Å². The summed E-state index contributed by atoms with van der Waals surface area (Å²) in [7, 11) is 0. The topological polar surface area (TPSA) is 33.5 Å². The number of para-hydroxylation sites is 1. The maximum absolute atomic E-state index is 6.83. The molecule has 0 radical (unpaired) electrons. The third kappa shape index (κ3) is 7.49. The van der Waals surface area contributed by atoms with Crippen molar-refractivity contribution in [1.82, 2.24) is 9.55 Å². The Morgan fingerprint density at radius 3 is 1.89 bits per heavy atom. The maximum atomic E-state index is 6.83. The molecule has 3 heterocycles. The Morgan fingerprint density at radius 2 is 1.12 bits per heavy atom. The molecular weight excluding hydrogens is 781 g/mol. The quantitative estimate of drug-likeness (QED) is 0.153. The number of ether oxygens (including phenoxy) is 1. The number of nitrogens with zero attached hydrogens (tertiary/aromatic N) is 4. The monoisotopic (exact) mass is 836 g/mol. The Bertz CT molecular complexity index is 3170. The van der Waals surface area contributed by atoms with E-state index in [1.807, 2.05) is 6.20 Å². The third-order valence-electron chi connectivity index (χ3n) is 13.1. The van der Waals surface area contributed by atoms with E-state index >= 15 is 0 Å². The summed E-state index contributed by atoms with van der Waals surface area (Å²) in [6, 6.07) is 63.6. The number of anilines is 4. The van der Waals surface area contributed by atoms with Crippen LogP contribution >= 0.6 is 0 Å². The van der Waals surface area contributed by atoms with E-state index in [1.54, 1.807) is 0 Å². The fourth-order valence-corrected chi connectivity index (χ4v) is 9.23. The second kappa shape index (κ2) is 15.6. The van der Waals surface area contributed by atoms with Crippen molar-refractivity contribution in [2.75, 3.05) is 16.5 Å². The van der Waals surface area contributed by atoms with Crippen LogP contribution in [0.5, 0.6) is 11.5 Å². The van der Waals surface area contributed by atoms with E-state index in [9.17, 15) is 0 Å². The van der Waals surface area contributed by atoms with E-state index in [-0.39, 0.29) is 16.2 Å². The highest BCUT2D eigenvalue weighted by molar-refractivity contribution is 6.09. The fourth-order valence-electron chi connectivity index (χ4n) is 9.23. The van der Waals surface area contributed by atoms with Gasteiger partial charge in [0.25, 0.3) is 0 Å². The fraction of sp³-hybridized carbons (Fsp3) is 0.203. The highest BCUT2D eigenvalue weighted by Gasteiger charge is 2.33. The van der Waals surface area contributed by atoms with Crippen LogP contribution in [-0.2, 0) is 16.2 Å². The molecule has 1 aliphatic rings. The molecule has 0 saturated heterocycles. The molecule has 10 rings (SSSR count). The van der Waals surface area contributed by atoms with Gasteiger partial charge in [-0.05, 0) is 111 Å². The molecule has 5 nitrogen and oxygen atoms in total. The number of fused-ring (bicyclic) bond motifs is 4. The first-order valence-corrected chi connectivity index (χ1v) is 22.5. The van der Waals surface area contributed by atoms with Gasteiger partial charge in [0, 0.05) is 45.9 Å². The van der Waals surface area contributed by atoms with Crippen LogP contribution in [-0.4, -0.2) is 16.2 Å². The van der Waals surface area contributed by atoms with Crippen molar-refractivity contribution in [3.05, 3.63) is 204 Å². The molecular formula is C59H56N4O. The molecule has 318 valence electrons. The zero-order chi connectivity index (χ0) is 44.4. The van der Waals surface area contributed by atoms with Crippen LogP contribution in [0.2, 0.25) is 0 Å². The Balaban J connectivity index is 1.06. The Kier molecular flexibility index (Phi) is 9.98. The van der Waals surface area contributed by atoms with Crippen LogP contribution in [0.15, 0.2) is 182 Å². The first kappa shape index (κ1) is 40.9. The lowest BCUT2D eigenvalue weighted by molar-refractivity contribution is 0.483. The van der Waals surface area contributed by atoms with Gasteiger partial charge in [-0.25, -0.2) is 4.98 Å². The van der Waals surface area contributed by atoms with Gasteiger partial charge in [0.15, 0.2) is 0 Å². The second-order valence-electron chi connectivity index (χ2n) is 19.9. The molecule has 0 fully saturated rings. The van der Waals surface area contributed by atoms with Crippen molar-refractivity contribution >= 4 is 44.6 Å². The predicted molar refractivity (Wildman–Crippen MR) is 269 cm³/mol. The normalized spacial score (nSPS) is 13.2. The summed E-state index contributed by atoms with van der Waals surface area (Å²) in [6.07, 6.45) is 1.93. The van der Waals surface area contributed by atoms with Crippen LogP contribution < -0.4 is 14.5 Å². The highest BCUT2D eigenvalue weighted by atomic mass is 16.5. The number of benzene rings is 7. The predicted octanol–water partition coefficient (Wildman–Crippen LogP) is 15.8. The van der Waals surface area contributed by atoms with E-state index in [0.29, 0.717) is 6.67 Å². The zero-order valence-electron chi connectivity index (χ0n) is 38.2. The minimum Gasteiger partial charge on any atom is -0.457 e. The largest absolute Gasteiger partial charge is 0.457 e. The number of pyridine rings is 1. The Labute approximate surface area is 378 Å². The Hall–Kier alpha value is -7.11. The summed E-state index contributed by atoms with van der Waals surface area (Å²) in [6.45, 7) is 18.9. The summed E-state index contributed by atoms with van der Waals surface area (Å²) in [4.78, 5) is 9.81. The summed E-state index contributed by atoms with van der Waals surface area (Å²) >= 11 is 0. The van der Waals surface area contributed by atoms with Crippen molar-refractivity contribution in [3.63, 3.8) is 0 Å². The number of hydrogen-bond acceptors (Lipinski definition) is 4. The van der Waals surface area contributed by atoms with Gasteiger partial charge in [0.2, 0.25) is 0 Å². The molecule has 0 spiro atoms. The summed E-state index contributed by atoms with van der Waals surface area (Å²) in [5.74, 6) is 2.44. The van der Waals surface area contributed by atoms with Crippen molar-refractivity contribution < 1.29 is 4.74 Å². The van der Waals surface area contributed by atoms with Gasteiger partial charge in [0.1, 0.15) is 24.0 Å². The molecule has 64 heavy (non-hydrogen) atoms. The second-order valence-corrected chi connectivity index (χ2v) is 19.9. The van der Waals surface area contributed by atoms with Gasteiger partial charge >= 0.3 is 0 Å². The standard InChI is InChI=1S/C59H56N4O/c1-57(2,3)43-30-31-60-56(36-43)63-52-25-16-15-24-50(52)51-28-27-49(38-54(51)63)64-48-23-17-22-46(37-48)61-39-62(47-33-41(40-18-11-9-12-19-40)32-45(34-47)58(4,5)6)53-29-26-44(35-55(53)61)59(7,8)42-20-13-10-14-21-42/h9-38H,39H2,1-8H3. The lowest BCUT2D eigenvalue weighted by atomic mass is 9.78. The molecule has 2 aromatic heterocycles. The molecule has 0 atom stereocenters. The van der Waals surface area contributed by atoms with Crippen molar-refractivity contribution in [1.29, 1.82) is 0 Å². The van der Waals surface area contributed by atoms with E-state index in [4.69, 9.17) is 9.72 Å². The molecule has 1 aliphatic heterocycles. The van der Waals surface area contributed by atoms with Gasteiger partial charge in [-0.15, -0.1) is 0 Å². The van der Waals surface area contributed by atoms with Crippen LogP contribution in [0.25, 0.3) is 38.8 Å². The molecule has 9 aromatic rings. The van der Waals surface area contributed by atoms with Gasteiger partial charge in [-0.3, -0.25) is 4.57 Å². The van der Waals surface area contributed by atoms with Crippen molar-refractivity contribution in [2.45, 2.75) is 71.6 Å². The van der Waals surface area contributed by atoms with Gasteiger partial charge in [0.05, 0.1) is 22.4 Å². The van der Waals surface area contributed by atoms with E-state index in [1.165, 1.54) is 50.1 Å². The zero-order valence-corrected chi connectivity index (χ0v) is 38.2. The molecule has 0 aliphatic carbocycles. The van der Waals surface area contributed by atoms with Gasteiger partial charge in [-0.2, -0.15) is 0 Å². The van der Waals surface area contributed by atoms with E-state index in [2.05, 4.69) is 246 Å². The summed E-state index contributed by atoms with van der Waals surface area (Å²) in [5, 5.41) is 2.35. The molecule has 0 unspecified atom stereocenters. The number of rotatable bonds is 8. The molecule has 0 N–H and O–H groups in total. The Morgan fingerprint density at radius 1 is 0.438 bits per heavy atom. The minimum atomic E-state index is -0.211. The SMILES string of the molecule is CC(C)(C)c1cc(-c2ccccc2)cc(N2CN(c3cccc(Oc4ccc5c6ccccc6n(-c6cc(C(C)(C)C)ccn6)c5c4)c3)c3cc(C(C)(C)c4ccccc4)ccc32)c1. The smallest absolute Gasteiger partial charge is 0.137 e. The highest BCUT2D eigenvalue weighted by Crippen LogP contribution is 2.49. The molecule has 0 bridgehead atoms. The first-order valence-electron chi connectivity index (χ1n) is 22.5. The average molecular weight is 837 g/mol. The maximum Gasteiger partial charge on any atom is 0.137 e. The van der Waals surface area contributed by atoms with Crippen LogP contribution in [0.3, 0.4) is 0 Å². The lowest BCUT2D eigenvalue weighted by Crippen LogP contribution is -2.24. The average Bonchev–Trinajstić information content (AvgIpc) is 3.85. The molecule has 7 aromatic carbocycles. The van der Waals surface area contributed by atoms with E-state index in [0.717, 1.165) is 45.1 Å². The molecule has 0 saturated carbocycles. The van der Waals surface area contributed by atoms with E-state index < -0.39 is 0 Å². The van der Waals surface area contributed by atoms with Gasteiger partial charge < -0.3 is 14.5 Å². The molecule has 0 amide bonds. The van der Waals surface area contributed by atoms with Crippen molar-refractivity contribution in [3.8, 4) is 28.4 Å². The van der Waals surface area contributed by atoms with Crippen LogP contribution in [0, 0.1) is 0 Å². The summed E-state index contributed by atoms with van der Waals surface area (Å²) < 4.78 is 9.10.